The maximum Gasteiger partial charge on any atom is 0.309 e. The summed E-state index contributed by atoms with van der Waals surface area (Å²) in [6.07, 6.45) is 6.78. The van der Waals surface area contributed by atoms with Gasteiger partial charge in [-0.3, -0.25) is 9.69 Å². The molecule has 0 saturated carbocycles. The van der Waals surface area contributed by atoms with Crippen molar-refractivity contribution in [1.29, 1.82) is 0 Å². The van der Waals surface area contributed by atoms with Gasteiger partial charge >= 0.3 is 5.97 Å². The molecule has 2 heterocycles. The number of imidazole rings is 1. The first-order valence-corrected chi connectivity index (χ1v) is 7.62. The maximum absolute atomic E-state index is 11.7. The Morgan fingerprint density at radius 2 is 2.15 bits per heavy atom. The van der Waals surface area contributed by atoms with Crippen molar-refractivity contribution in [2.45, 2.75) is 46.2 Å². The van der Waals surface area contributed by atoms with E-state index in [0.717, 1.165) is 45.4 Å². The number of hydrogen-bond donors (Lipinski definition) is 0. The largest absolute Gasteiger partial charge is 0.466 e. The number of ether oxygens (including phenoxy) is 1. The monoisotopic (exact) mass is 279 g/mol. The molecule has 1 aromatic rings. The molecule has 0 aliphatic carbocycles. The highest BCUT2D eigenvalue weighted by molar-refractivity contribution is 5.72. The number of carbonyl (C=O) groups excluding carboxylic acids is 1. The average molecular weight is 279 g/mol. The lowest BCUT2D eigenvalue weighted by Gasteiger charge is -2.30. The van der Waals surface area contributed by atoms with E-state index in [0.29, 0.717) is 6.61 Å². The van der Waals surface area contributed by atoms with E-state index >= 15 is 0 Å². The van der Waals surface area contributed by atoms with Gasteiger partial charge in [0.1, 0.15) is 0 Å². The third-order valence-corrected chi connectivity index (χ3v) is 3.86. The van der Waals surface area contributed by atoms with Crippen LogP contribution in [-0.4, -0.2) is 40.1 Å². The summed E-state index contributed by atoms with van der Waals surface area (Å²) in [4.78, 5) is 18.3. The van der Waals surface area contributed by atoms with Crippen molar-refractivity contribution in [2.24, 2.45) is 5.92 Å². The van der Waals surface area contributed by atoms with Crippen molar-refractivity contribution in [3.05, 3.63) is 18.2 Å². The number of carbonyl (C=O) groups is 1. The number of aromatic nitrogens is 2. The molecule has 0 aromatic carbocycles. The number of rotatable bonds is 6. The molecule has 0 N–H and O–H groups in total. The highest BCUT2D eigenvalue weighted by atomic mass is 16.5. The SMILES string of the molecule is CCCn1cncc1CN1CCC(C(=O)OCC)CC1. The number of nitrogens with zero attached hydrogens (tertiary/aromatic N) is 3. The molecule has 5 nitrogen and oxygen atoms in total. The highest BCUT2D eigenvalue weighted by Crippen LogP contribution is 2.20. The zero-order valence-corrected chi connectivity index (χ0v) is 12.5. The molecule has 20 heavy (non-hydrogen) atoms. The standard InChI is InChI=1S/C15H25N3O2/c1-3-7-18-12-16-10-14(18)11-17-8-5-13(6-9-17)15(19)20-4-2/h10,12-13H,3-9,11H2,1-2H3. The second-order valence-corrected chi connectivity index (χ2v) is 5.38. The lowest BCUT2D eigenvalue weighted by molar-refractivity contribution is -0.149. The zero-order chi connectivity index (χ0) is 14.4. The molecule has 0 radical (unpaired) electrons. The normalized spacial score (nSPS) is 17.3. The van der Waals surface area contributed by atoms with Gasteiger partial charge in [0, 0.05) is 19.3 Å². The zero-order valence-electron chi connectivity index (χ0n) is 12.5. The minimum atomic E-state index is -0.0248. The van der Waals surface area contributed by atoms with Crippen LogP contribution in [0.5, 0.6) is 0 Å². The van der Waals surface area contributed by atoms with Gasteiger partial charge in [0.2, 0.25) is 0 Å². The first kappa shape index (κ1) is 15.0. The van der Waals surface area contributed by atoms with Crippen LogP contribution in [0, 0.1) is 5.92 Å². The Hall–Kier alpha value is -1.36. The van der Waals surface area contributed by atoms with Gasteiger partial charge in [-0.25, -0.2) is 4.98 Å². The maximum atomic E-state index is 11.7. The van der Waals surface area contributed by atoms with Gasteiger partial charge in [0.25, 0.3) is 0 Å². The third-order valence-electron chi connectivity index (χ3n) is 3.86. The molecule has 1 aliphatic heterocycles. The summed E-state index contributed by atoms with van der Waals surface area (Å²) in [5, 5.41) is 0. The summed E-state index contributed by atoms with van der Waals surface area (Å²) in [6.45, 7) is 8.39. The van der Waals surface area contributed by atoms with Crippen molar-refractivity contribution in [3.8, 4) is 0 Å². The van der Waals surface area contributed by atoms with Crippen molar-refractivity contribution in [2.75, 3.05) is 19.7 Å². The molecule has 0 bridgehead atoms. The highest BCUT2D eigenvalue weighted by Gasteiger charge is 2.26. The van der Waals surface area contributed by atoms with E-state index in [9.17, 15) is 4.79 Å². The summed E-state index contributed by atoms with van der Waals surface area (Å²) >= 11 is 0. The van der Waals surface area contributed by atoms with Crippen LogP contribution < -0.4 is 0 Å². The van der Waals surface area contributed by atoms with Crippen LogP contribution in [0.25, 0.3) is 0 Å². The Morgan fingerprint density at radius 3 is 2.80 bits per heavy atom. The van der Waals surface area contributed by atoms with Gasteiger partial charge in [0.15, 0.2) is 0 Å². The van der Waals surface area contributed by atoms with Crippen LogP contribution in [0.4, 0.5) is 0 Å². The molecule has 0 amide bonds. The van der Waals surface area contributed by atoms with Crippen LogP contribution >= 0.6 is 0 Å². The van der Waals surface area contributed by atoms with Crippen LogP contribution in [-0.2, 0) is 22.6 Å². The van der Waals surface area contributed by atoms with Crippen LogP contribution in [0.2, 0.25) is 0 Å². The minimum Gasteiger partial charge on any atom is -0.466 e. The molecule has 112 valence electrons. The first-order valence-electron chi connectivity index (χ1n) is 7.62. The summed E-state index contributed by atoms with van der Waals surface area (Å²) in [7, 11) is 0. The van der Waals surface area contributed by atoms with Gasteiger partial charge in [-0.2, -0.15) is 0 Å². The lowest BCUT2D eigenvalue weighted by atomic mass is 9.97. The predicted molar refractivity (Wildman–Crippen MR) is 77.2 cm³/mol. The van der Waals surface area contributed by atoms with E-state index < -0.39 is 0 Å². The van der Waals surface area contributed by atoms with E-state index in [1.165, 1.54) is 5.69 Å². The summed E-state index contributed by atoms with van der Waals surface area (Å²) < 4.78 is 7.32. The summed E-state index contributed by atoms with van der Waals surface area (Å²) in [5.74, 6) is 0.0647. The smallest absolute Gasteiger partial charge is 0.309 e. The predicted octanol–water partition coefficient (Wildman–Crippen LogP) is 2.07. The lowest BCUT2D eigenvalue weighted by Crippen LogP contribution is -2.36. The number of hydrogen-bond acceptors (Lipinski definition) is 4. The van der Waals surface area contributed by atoms with Gasteiger partial charge in [-0.05, 0) is 39.3 Å². The summed E-state index contributed by atoms with van der Waals surface area (Å²) in [5.41, 5.74) is 1.27. The third kappa shape index (κ3) is 3.82. The number of likely N-dealkylation sites (tertiary alicyclic amines) is 1. The van der Waals surface area contributed by atoms with Gasteiger partial charge in [0.05, 0.1) is 24.5 Å². The molecule has 5 heteroatoms. The van der Waals surface area contributed by atoms with Crippen LogP contribution in [0.15, 0.2) is 12.5 Å². The van der Waals surface area contributed by atoms with E-state index in [4.69, 9.17) is 4.74 Å². The molecule has 1 aliphatic rings. The Kier molecular flexibility index (Phi) is 5.59. The molecular formula is C15H25N3O2. The quantitative estimate of drug-likeness (QED) is 0.748. The van der Waals surface area contributed by atoms with Crippen LogP contribution in [0.1, 0.15) is 38.8 Å². The van der Waals surface area contributed by atoms with Crippen molar-refractivity contribution in [1.82, 2.24) is 14.5 Å². The Labute approximate surface area is 120 Å². The van der Waals surface area contributed by atoms with Crippen molar-refractivity contribution in [3.63, 3.8) is 0 Å². The fourth-order valence-corrected chi connectivity index (χ4v) is 2.74. The summed E-state index contributed by atoms with van der Waals surface area (Å²) in [6, 6.07) is 0. The average Bonchev–Trinajstić information content (AvgIpc) is 2.88. The van der Waals surface area contributed by atoms with Crippen molar-refractivity contribution >= 4 is 5.97 Å². The van der Waals surface area contributed by atoms with Crippen LogP contribution in [0.3, 0.4) is 0 Å². The van der Waals surface area contributed by atoms with E-state index in [-0.39, 0.29) is 11.9 Å². The molecule has 1 fully saturated rings. The Bertz CT molecular complexity index is 423. The first-order chi connectivity index (χ1) is 9.74. The van der Waals surface area contributed by atoms with Gasteiger partial charge in [-0.15, -0.1) is 0 Å². The molecule has 0 atom stereocenters. The minimum absolute atomic E-state index is 0.0248. The molecule has 1 aromatic heterocycles. The van der Waals surface area contributed by atoms with E-state index in [1.54, 1.807) is 0 Å². The van der Waals surface area contributed by atoms with Crippen molar-refractivity contribution < 1.29 is 9.53 Å². The fraction of sp³-hybridized carbons (Fsp3) is 0.733. The Morgan fingerprint density at radius 1 is 1.40 bits per heavy atom. The second-order valence-electron chi connectivity index (χ2n) is 5.38. The fourth-order valence-electron chi connectivity index (χ4n) is 2.74. The molecular weight excluding hydrogens is 254 g/mol. The van der Waals surface area contributed by atoms with Gasteiger partial charge in [-0.1, -0.05) is 6.92 Å². The molecule has 2 rings (SSSR count). The molecule has 0 unspecified atom stereocenters. The van der Waals surface area contributed by atoms with E-state index in [2.05, 4.69) is 21.4 Å². The Balaban J connectivity index is 1.82. The molecule has 1 saturated heterocycles. The number of esters is 1. The van der Waals surface area contributed by atoms with Gasteiger partial charge < -0.3 is 9.30 Å². The van der Waals surface area contributed by atoms with E-state index in [1.807, 2.05) is 19.4 Å². The molecule has 0 spiro atoms. The number of aryl methyl sites for hydroxylation is 1. The topological polar surface area (TPSA) is 47.4 Å². The number of piperidine rings is 1. The second kappa shape index (κ2) is 7.43.